The normalized spacial score (nSPS) is 17.8. The molecule has 86 valence electrons. The second-order valence-corrected chi connectivity index (χ2v) is 3.45. The smallest absolute Gasteiger partial charge is 0.100 e. The van der Waals surface area contributed by atoms with Crippen molar-refractivity contribution in [3.8, 4) is 0 Å². The van der Waals surface area contributed by atoms with Gasteiger partial charge in [0.05, 0.1) is 32.0 Å². The Balaban J connectivity index is 3.30. The SMILES string of the molecule is CC(O)CCC(O)COCC(O)CO. The zero-order valence-electron chi connectivity index (χ0n) is 8.46. The van der Waals surface area contributed by atoms with Crippen molar-refractivity contribution in [1.82, 2.24) is 0 Å². The molecule has 0 spiro atoms. The number of hydrogen-bond acceptors (Lipinski definition) is 5. The molecule has 14 heavy (non-hydrogen) atoms. The van der Waals surface area contributed by atoms with Gasteiger partial charge in [0.25, 0.3) is 0 Å². The summed E-state index contributed by atoms with van der Waals surface area (Å²) in [6.07, 6.45) is -0.956. The standard InChI is InChI=1S/C9H20O5/c1-7(11)2-3-8(12)5-14-6-9(13)4-10/h7-13H,2-6H2,1H3. The molecule has 0 radical (unpaired) electrons. The lowest BCUT2D eigenvalue weighted by Crippen LogP contribution is -2.24. The van der Waals surface area contributed by atoms with Gasteiger partial charge in [0.1, 0.15) is 6.10 Å². The van der Waals surface area contributed by atoms with Crippen molar-refractivity contribution >= 4 is 0 Å². The largest absolute Gasteiger partial charge is 0.394 e. The first kappa shape index (κ1) is 13.8. The Hall–Kier alpha value is -0.200. The van der Waals surface area contributed by atoms with E-state index in [1.54, 1.807) is 6.92 Å². The summed E-state index contributed by atoms with van der Waals surface area (Å²) < 4.78 is 4.94. The van der Waals surface area contributed by atoms with Crippen molar-refractivity contribution in [2.24, 2.45) is 0 Å². The Bertz CT molecular complexity index is 128. The monoisotopic (exact) mass is 208 g/mol. The van der Waals surface area contributed by atoms with Crippen LogP contribution in [-0.4, -0.2) is 58.6 Å². The maximum atomic E-state index is 9.30. The Kier molecular flexibility index (Phi) is 8.02. The number of aliphatic hydroxyl groups is 4. The first-order valence-corrected chi connectivity index (χ1v) is 4.79. The van der Waals surface area contributed by atoms with Crippen molar-refractivity contribution in [2.45, 2.75) is 38.1 Å². The third kappa shape index (κ3) is 8.40. The third-order valence-electron chi connectivity index (χ3n) is 1.75. The molecule has 3 unspecified atom stereocenters. The molecule has 0 aliphatic rings. The maximum absolute atomic E-state index is 9.30. The van der Waals surface area contributed by atoms with Gasteiger partial charge >= 0.3 is 0 Å². The minimum atomic E-state index is -0.890. The minimum absolute atomic E-state index is 0.0161. The van der Waals surface area contributed by atoms with E-state index in [1.807, 2.05) is 0 Å². The summed E-state index contributed by atoms with van der Waals surface area (Å²) in [4.78, 5) is 0. The fourth-order valence-electron chi connectivity index (χ4n) is 0.910. The van der Waals surface area contributed by atoms with Crippen molar-refractivity contribution in [1.29, 1.82) is 0 Å². The van der Waals surface area contributed by atoms with Crippen LogP contribution in [0, 0.1) is 0 Å². The van der Waals surface area contributed by atoms with E-state index in [2.05, 4.69) is 0 Å². The van der Waals surface area contributed by atoms with Crippen LogP contribution in [0.3, 0.4) is 0 Å². The van der Waals surface area contributed by atoms with Crippen LogP contribution in [0.25, 0.3) is 0 Å². The molecule has 0 bridgehead atoms. The Morgan fingerprint density at radius 2 is 1.57 bits per heavy atom. The lowest BCUT2D eigenvalue weighted by atomic mass is 10.1. The van der Waals surface area contributed by atoms with Crippen LogP contribution < -0.4 is 0 Å². The van der Waals surface area contributed by atoms with Crippen molar-refractivity contribution < 1.29 is 25.2 Å². The summed E-state index contributed by atoms with van der Waals surface area (Å²) in [7, 11) is 0. The molecular formula is C9H20O5. The molecule has 0 amide bonds. The lowest BCUT2D eigenvalue weighted by molar-refractivity contribution is -0.0280. The van der Waals surface area contributed by atoms with Gasteiger partial charge in [-0.15, -0.1) is 0 Å². The van der Waals surface area contributed by atoms with Gasteiger partial charge in [0.15, 0.2) is 0 Å². The minimum Gasteiger partial charge on any atom is -0.394 e. The molecule has 0 aromatic carbocycles. The average molecular weight is 208 g/mol. The van der Waals surface area contributed by atoms with Crippen LogP contribution >= 0.6 is 0 Å². The molecule has 5 heteroatoms. The molecule has 0 aliphatic carbocycles. The quantitative estimate of drug-likeness (QED) is 0.405. The van der Waals surface area contributed by atoms with Gasteiger partial charge in [-0.25, -0.2) is 0 Å². The molecule has 0 fully saturated rings. The highest BCUT2D eigenvalue weighted by atomic mass is 16.5. The number of aliphatic hydroxyl groups excluding tert-OH is 4. The highest BCUT2D eigenvalue weighted by Gasteiger charge is 2.08. The van der Waals surface area contributed by atoms with Crippen LogP contribution in [-0.2, 0) is 4.74 Å². The fourth-order valence-corrected chi connectivity index (χ4v) is 0.910. The lowest BCUT2D eigenvalue weighted by Gasteiger charge is -2.13. The molecule has 0 rings (SSSR count). The van der Waals surface area contributed by atoms with E-state index in [9.17, 15) is 5.11 Å². The van der Waals surface area contributed by atoms with E-state index in [1.165, 1.54) is 0 Å². The molecule has 0 aromatic rings. The summed E-state index contributed by atoms with van der Waals surface area (Å²) in [5.74, 6) is 0. The zero-order chi connectivity index (χ0) is 11.0. The van der Waals surface area contributed by atoms with Crippen molar-refractivity contribution in [3.63, 3.8) is 0 Å². The molecule has 3 atom stereocenters. The summed E-state index contributed by atoms with van der Waals surface area (Å²) >= 11 is 0. The van der Waals surface area contributed by atoms with Crippen molar-refractivity contribution in [3.05, 3.63) is 0 Å². The molecule has 0 saturated heterocycles. The molecule has 0 aliphatic heterocycles. The van der Waals surface area contributed by atoms with Crippen LogP contribution in [0.1, 0.15) is 19.8 Å². The second kappa shape index (κ2) is 8.14. The fraction of sp³-hybridized carbons (Fsp3) is 1.00. The predicted molar refractivity (Wildman–Crippen MR) is 50.8 cm³/mol. The molecule has 0 heterocycles. The molecule has 0 saturated carbocycles. The van der Waals surface area contributed by atoms with E-state index in [4.69, 9.17) is 20.1 Å². The zero-order valence-corrected chi connectivity index (χ0v) is 8.46. The van der Waals surface area contributed by atoms with E-state index in [-0.39, 0.29) is 19.8 Å². The molecule has 0 aromatic heterocycles. The van der Waals surface area contributed by atoms with Crippen LogP contribution in [0.4, 0.5) is 0 Å². The van der Waals surface area contributed by atoms with E-state index >= 15 is 0 Å². The highest BCUT2D eigenvalue weighted by Crippen LogP contribution is 2.01. The Morgan fingerprint density at radius 3 is 2.07 bits per heavy atom. The van der Waals surface area contributed by atoms with Gasteiger partial charge in [-0.2, -0.15) is 0 Å². The predicted octanol–water partition coefficient (Wildman–Crippen LogP) is -1.12. The first-order valence-electron chi connectivity index (χ1n) is 4.79. The van der Waals surface area contributed by atoms with Gasteiger partial charge in [-0.1, -0.05) is 0 Å². The summed E-state index contributed by atoms with van der Waals surface area (Å²) in [6, 6.07) is 0. The van der Waals surface area contributed by atoms with Crippen LogP contribution in [0.15, 0.2) is 0 Å². The second-order valence-electron chi connectivity index (χ2n) is 3.45. The topological polar surface area (TPSA) is 90.2 Å². The highest BCUT2D eigenvalue weighted by molar-refractivity contribution is 4.58. The molecule has 5 nitrogen and oxygen atoms in total. The van der Waals surface area contributed by atoms with E-state index in [0.29, 0.717) is 12.8 Å². The summed E-state index contributed by atoms with van der Waals surface area (Å²) in [5, 5.41) is 35.6. The summed E-state index contributed by atoms with van der Waals surface area (Å²) in [5.41, 5.74) is 0. The Labute approximate surface area is 83.9 Å². The van der Waals surface area contributed by atoms with Gasteiger partial charge in [-0.05, 0) is 19.8 Å². The summed E-state index contributed by atoms with van der Waals surface area (Å²) in [6.45, 7) is 1.44. The average Bonchev–Trinajstić information content (AvgIpc) is 2.14. The maximum Gasteiger partial charge on any atom is 0.100 e. The molecular weight excluding hydrogens is 188 g/mol. The van der Waals surface area contributed by atoms with Gasteiger partial charge in [-0.3, -0.25) is 0 Å². The van der Waals surface area contributed by atoms with Gasteiger partial charge < -0.3 is 25.2 Å². The Morgan fingerprint density at radius 1 is 1.00 bits per heavy atom. The number of rotatable bonds is 8. The van der Waals surface area contributed by atoms with Crippen LogP contribution in [0.2, 0.25) is 0 Å². The third-order valence-corrected chi connectivity index (χ3v) is 1.75. The first-order chi connectivity index (χ1) is 6.56. The van der Waals surface area contributed by atoms with Crippen molar-refractivity contribution in [2.75, 3.05) is 19.8 Å². The van der Waals surface area contributed by atoms with Crippen LogP contribution in [0.5, 0.6) is 0 Å². The van der Waals surface area contributed by atoms with E-state index < -0.39 is 18.3 Å². The molecule has 4 N–H and O–H groups in total. The van der Waals surface area contributed by atoms with E-state index in [0.717, 1.165) is 0 Å². The van der Waals surface area contributed by atoms with Gasteiger partial charge in [0.2, 0.25) is 0 Å². The number of hydrogen-bond donors (Lipinski definition) is 4. The van der Waals surface area contributed by atoms with Gasteiger partial charge in [0, 0.05) is 0 Å². The number of ether oxygens (including phenoxy) is 1.